The van der Waals surface area contributed by atoms with Crippen molar-refractivity contribution in [3.63, 3.8) is 0 Å². The molecule has 0 saturated heterocycles. The molecule has 0 amide bonds. The van der Waals surface area contributed by atoms with Gasteiger partial charge < -0.3 is 14.8 Å². The summed E-state index contributed by atoms with van der Waals surface area (Å²) in [5.74, 6) is 1.58. The zero-order chi connectivity index (χ0) is 18.9. The summed E-state index contributed by atoms with van der Waals surface area (Å²) in [4.78, 5) is 2.43. The van der Waals surface area contributed by atoms with Crippen LogP contribution in [0.25, 0.3) is 11.3 Å². The van der Waals surface area contributed by atoms with Crippen LogP contribution in [0.2, 0.25) is 0 Å². The van der Waals surface area contributed by atoms with Crippen molar-refractivity contribution in [2.75, 3.05) is 20.4 Å². The number of rotatable bonds is 5. The van der Waals surface area contributed by atoms with Crippen molar-refractivity contribution < 1.29 is 9.47 Å². The van der Waals surface area contributed by atoms with Gasteiger partial charge in [0.15, 0.2) is 11.5 Å². The van der Waals surface area contributed by atoms with Gasteiger partial charge in [0.1, 0.15) is 0 Å². The fourth-order valence-electron chi connectivity index (χ4n) is 4.07. The molecule has 3 aromatic rings. The van der Waals surface area contributed by atoms with Gasteiger partial charge in [-0.15, -0.1) is 0 Å². The lowest BCUT2D eigenvalue weighted by Crippen LogP contribution is -2.44. The highest BCUT2D eigenvalue weighted by Crippen LogP contribution is 2.36. The van der Waals surface area contributed by atoms with Gasteiger partial charge in [0, 0.05) is 36.8 Å². The summed E-state index contributed by atoms with van der Waals surface area (Å²) in [6, 6.07) is 15.2. The van der Waals surface area contributed by atoms with E-state index in [1.54, 1.807) is 0 Å². The van der Waals surface area contributed by atoms with E-state index in [4.69, 9.17) is 9.47 Å². The minimum atomic E-state index is 0.286. The number of benzene rings is 2. The van der Waals surface area contributed by atoms with Crippen LogP contribution in [0.1, 0.15) is 16.7 Å². The molecule has 2 N–H and O–H groups in total. The molecule has 28 heavy (non-hydrogen) atoms. The first-order valence-corrected chi connectivity index (χ1v) is 9.68. The van der Waals surface area contributed by atoms with Crippen molar-refractivity contribution in [2.45, 2.75) is 25.6 Å². The van der Waals surface area contributed by atoms with Crippen molar-refractivity contribution in [1.82, 2.24) is 20.4 Å². The first kappa shape index (κ1) is 17.3. The Morgan fingerprint density at radius 1 is 1.14 bits per heavy atom. The van der Waals surface area contributed by atoms with Crippen LogP contribution < -0.4 is 14.8 Å². The largest absolute Gasteiger partial charge is 0.454 e. The van der Waals surface area contributed by atoms with E-state index in [0.29, 0.717) is 6.04 Å². The molecule has 0 spiro atoms. The van der Waals surface area contributed by atoms with Gasteiger partial charge in [-0.1, -0.05) is 24.3 Å². The molecule has 5 rings (SSSR count). The van der Waals surface area contributed by atoms with Gasteiger partial charge in [-0.3, -0.25) is 10.00 Å². The fraction of sp³-hybridized carbons (Fsp3) is 0.318. The molecule has 0 aliphatic carbocycles. The minimum Gasteiger partial charge on any atom is -0.454 e. The molecule has 2 aromatic carbocycles. The van der Waals surface area contributed by atoms with E-state index in [2.05, 4.69) is 51.7 Å². The second-order valence-electron chi connectivity index (χ2n) is 7.51. The van der Waals surface area contributed by atoms with Crippen molar-refractivity contribution in [3.05, 3.63) is 65.4 Å². The number of aromatic amines is 1. The lowest BCUT2D eigenvalue weighted by Gasteiger charge is -2.34. The molecular formula is C22H24N4O2. The number of hydrogen-bond acceptors (Lipinski definition) is 5. The van der Waals surface area contributed by atoms with Gasteiger partial charge in [0.25, 0.3) is 0 Å². The minimum absolute atomic E-state index is 0.286. The van der Waals surface area contributed by atoms with Crippen LogP contribution in [0, 0.1) is 0 Å². The van der Waals surface area contributed by atoms with Crippen LogP contribution in [0.5, 0.6) is 11.5 Å². The summed E-state index contributed by atoms with van der Waals surface area (Å²) >= 11 is 0. The van der Waals surface area contributed by atoms with E-state index in [-0.39, 0.29) is 6.79 Å². The highest BCUT2D eigenvalue weighted by molar-refractivity contribution is 5.66. The Morgan fingerprint density at radius 3 is 2.93 bits per heavy atom. The van der Waals surface area contributed by atoms with Crippen LogP contribution in [-0.2, 0) is 19.5 Å². The Kier molecular flexibility index (Phi) is 4.50. The third-order valence-electron chi connectivity index (χ3n) is 5.69. The normalized spacial score (nSPS) is 18.2. The molecule has 0 fully saturated rings. The van der Waals surface area contributed by atoms with Crippen LogP contribution >= 0.6 is 0 Å². The molecule has 0 bridgehead atoms. The summed E-state index contributed by atoms with van der Waals surface area (Å²) in [5.41, 5.74) is 6.14. The van der Waals surface area contributed by atoms with E-state index in [1.807, 2.05) is 24.4 Å². The van der Waals surface area contributed by atoms with Crippen LogP contribution in [0.3, 0.4) is 0 Å². The van der Waals surface area contributed by atoms with Crippen molar-refractivity contribution in [3.8, 4) is 22.8 Å². The standard InChI is InChI=1S/C22H24N4O2/c1-26-13-17-5-3-2-4-15(17)8-19(26)12-23-10-18-11-24-25-22(18)16-6-7-20-21(9-16)28-14-27-20/h2-7,9,11,19,23H,8,10,12-14H2,1H3,(H,24,25). The van der Waals surface area contributed by atoms with E-state index in [0.717, 1.165) is 54.4 Å². The Morgan fingerprint density at radius 2 is 2.00 bits per heavy atom. The summed E-state index contributed by atoms with van der Waals surface area (Å²) in [6.07, 6.45) is 2.98. The molecule has 6 heteroatoms. The molecule has 3 heterocycles. The highest BCUT2D eigenvalue weighted by Gasteiger charge is 2.23. The molecular weight excluding hydrogens is 352 g/mol. The van der Waals surface area contributed by atoms with Crippen molar-refractivity contribution in [2.24, 2.45) is 0 Å². The predicted molar refractivity (Wildman–Crippen MR) is 107 cm³/mol. The smallest absolute Gasteiger partial charge is 0.231 e. The number of hydrogen-bond donors (Lipinski definition) is 2. The SMILES string of the molecule is CN1Cc2ccccc2CC1CNCc1cn[nH]c1-c1ccc2c(c1)OCO2. The molecule has 1 aromatic heterocycles. The lowest BCUT2D eigenvalue weighted by atomic mass is 9.94. The van der Waals surface area contributed by atoms with Gasteiger partial charge in [0.05, 0.1) is 11.9 Å². The maximum atomic E-state index is 5.50. The van der Waals surface area contributed by atoms with Gasteiger partial charge in [-0.2, -0.15) is 5.10 Å². The number of likely N-dealkylation sites (N-methyl/N-ethyl adjacent to an activating group) is 1. The molecule has 144 valence electrons. The number of ether oxygens (including phenoxy) is 2. The first-order valence-electron chi connectivity index (χ1n) is 9.68. The average Bonchev–Trinajstić information content (AvgIpc) is 3.37. The maximum Gasteiger partial charge on any atom is 0.231 e. The molecule has 0 saturated carbocycles. The number of fused-ring (bicyclic) bond motifs is 2. The van der Waals surface area contributed by atoms with Crippen LogP contribution in [0.15, 0.2) is 48.7 Å². The molecule has 1 unspecified atom stereocenters. The quantitative estimate of drug-likeness (QED) is 0.717. The van der Waals surface area contributed by atoms with E-state index >= 15 is 0 Å². The second kappa shape index (κ2) is 7.30. The number of nitrogens with zero attached hydrogens (tertiary/aromatic N) is 2. The third kappa shape index (κ3) is 3.25. The Labute approximate surface area is 164 Å². The predicted octanol–water partition coefficient (Wildman–Crippen LogP) is 2.95. The van der Waals surface area contributed by atoms with Crippen molar-refractivity contribution in [1.29, 1.82) is 0 Å². The molecule has 6 nitrogen and oxygen atoms in total. The number of aromatic nitrogens is 2. The molecule has 2 aliphatic heterocycles. The van der Waals surface area contributed by atoms with Gasteiger partial charge in [-0.05, 0) is 42.8 Å². The van der Waals surface area contributed by atoms with Crippen LogP contribution in [-0.4, -0.2) is 41.5 Å². The molecule has 1 atom stereocenters. The maximum absolute atomic E-state index is 5.50. The summed E-state index contributed by atoms with van der Waals surface area (Å²) in [5, 5.41) is 11.0. The lowest BCUT2D eigenvalue weighted by molar-refractivity contribution is 0.174. The van der Waals surface area contributed by atoms with Crippen molar-refractivity contribution >= 4 is 0 Å². The summed E-state index contributed by atoms with van der Waals surface area (Å²) in [7, 11) is 2.21. The first-order chi connectivity index (χ1) is 13.8. The third-order valence-corrected chi connectivity index (χ3v) is 5.69. The summed E-state index contributed by atoms with van der Waals surface area (Å²) in [6.45, 7) is 3.01. The van der Waals surface area contributed by atoms with Gasteiger partial charge in [0.2, 0.25) is 6.79 Å². The Balaban J connectivity index is 1.24. The monoisotopic (exact) mass is 376 g/mol. The Hall–Kier alpha value is -2.83. The van der Waals surface area contributed by atoms with Gasteiger partial charge >= 0.3 is 0 Å². The van der Waals surface area contributed by atoms with E-state index in [9.17, 15) is 0 Å². The number of nitrogens with one attached hydrogen (secondary N) is 2. The average molecular weight is 376 g/mol. The highest BCUT2D eigenvalue weighted by atomic mass is 16.7. The van der Waals surface area contributed by atoms with Gasteiger partial charge in [-0.25, -0.2) is 0 Å². The second-order valence-corrected chi connectivity index (χ2v) is 7.51. The van der Waals surface area contributed by atoms with E-state index < -0.39 is 0 Å². The zero-order valence-corrected chi connectivity index (χ0v) is 15.9. The molecule has 2 aliphatic rings. The molecule has 0 radical (unpaired) electrons. The number of H-pyrrole nitrogens is 1. The zero-order valence-electron chi connectivity index (χ0n) is 15.9. The topological polar surface area (TPSA) is 62.4 Å². The Bertz CT molecular complexity index is 984. The van der Waals surface area contributed by atoms with E-state index in [1.165, 1.54) is 11.1 Å². The summed E-state index contributed by atoms with van der Waals surface area (Å²) < 4.78 is 10.9. The van der Waals surface area contributed by atoms with Crippen LogP contribution in [0.4, 0.5) is 0 Å². The fourth-order valence-corrected chi connectivity index (χ4v) is 4.07.